The van der Waals surface area contributed by atoms with E-state index < -0.39 is 0 Å². The fraction of sp³-hybridized carbons (Fsp3) is 0.429. The minimum Gasteiger partial charge on any atom is -0.368 e. The molecule has 1 unspecified atom stereocenters. The van der Waals surface area contributed by atoms with Gasteiger partial charge in [0.15, 0.2) is 0 Å². The third-order valence-corrected chi connectivity index (χ3v) is 2.99. The molecule has 1 heterocycles. The number of carbonyl (C=O) groups is 1. The maximum Gasteiger partial charge on any atom is 0.249 e. The molecule has 0 aliphatic carbocycles. The van der Waals surface area contributed by atoms with Crippen molar-refractivity contribution >= 4 is 5.91 Å². The van der Waals surface area contributed by atoms with Crippen molar-refractivity contribution in [1.82, 2.24) is 5.32 Å². The maximum absolute atomic E-state index is 11.8. The molecule has 0 spiro atoms. The smallest absolute Gasteiger partial charge is 0.249 e. The van der Waals surface area contributed by atoms with Crippen LogP contribution < -0.4 is 5.32 Å². The summed E-state index contributed by atoms with van der Waals surface area (Å²) in [4.78, 5) is 11.8. The summed E-state index contributed by atoms with van der Waals surface area (Å²) in [7, 11) is 0. The largest absolute Gasteiger partial charge is 0.368 e. The third kappa shape index (κ3) is 3.31. The fourth-order valence-electron chi connectivity index (χ4n) is 2.00. The Morgan fingerprint density at radius 1 is 1.50 bits per heavy atom. The minimum absolute atomic E-state index is 0.0583. The fourth-order valence-corrected chi connectivity index (χ4v) is 2.00. The highest BCUT2D eigenvalue weighted by Crippen LogP contribution is 2.13. The quantitative estimate of drug-likeness (QED) is 0.881. The molecule has 1 aromatic rings. The summed E-state index contributed by atoms with van der Waals surface area (Å²) in [5, 5.41) is 11.6. The van der Waals surface area contributed by atoms with Gasteiger partial charge in [-0.1, -0.05) is 12.1 Å². The van der Waals surface area contributed by atoms with Crippen LogP contribution in [0.3, 0.4) is 0 Å². The first kappa shape index (κ1) is 12.6. The number of carbonyl (C=O) groups excluding carboxylic acids is 1. The van der Waals surface area contributed by atoms with Gasteiger partial charge in [-0.15, -0.1) is 0 Å². The van der Waals surface area contributed by atoms with Crippen molar-refractivity contribution in [3.05, 3.63) is 35.4 Å². The summed E-state index contributed by atoms with van der Waals surface area (Å²) in [5.41, 5.74) is 1.54. The molecule has 2 rings (SSSR count). The maximum atomic E-state index is 11.8. The Morgan fingerprint density at radius 2 is 2.39 bits per heavy atom. The van der Waals surface area contributed by atoms with Crippen LogP contribution in [0.25, 0.3) is 0 Å². The van der Waals surface area contributed by atoms with Crippen molar-refractivity contribution in [2.24, 2.45) is 0 Å². The number of ether oxygens (including phenoxy) is 1. The van der Waals surface area contributed by atoms with E-state index in [0.717, 1.165) is 24.8 Å². The molecule has 18 heavy (non-hydrogen) atoms. The summed E-state index contributed by atoms with van der Waals surface area (Å²) in [6.45, 7) is 1.11. The molecule has 94 valence electrons. The second-order valence-electron chi connectivity index (χ2n) is 4.39. The predicted molar refractivity (Wildman–Crippen MR) is 66.6 cm³/mol. The first-order valence-corrected chi connectivity index (χ1v) is 6.18. The lowest BCUT2D eigenvalue weighted by Gasteiger charge is -2.21. The average molecular weight is 244 g/mol. The highest BCUT2D eigenvalue weighted by molar-refractivity contribution is 5.80. The number of nitrogens with zero attached hydrogens (tertiary/aromatic N) is 1. The van der Waals surface area contributed by atoms with E-state index in [1.807, 2.05) is 12.1 Å². The molecule has 1 atom stereocenters. The number of amides is 1. The number of rotatable bonds is 3. The van der Waals surface area contributed by atoms with Gasteiger partial charge in [0, 0.05) is 13.2 Å². The van der Waals surface area contributed by atoms with E-state index in [1.54, 1.807) is 12.1 Å². The molecule has 0 radical (unpaired) electrons. The second-order valence-corrected chi connectivity index (χ2v) is 4.39. The average Bonchev–Trinajstić information content (AvgIpc) is 2.46. The minimum atomic E-state index is -0.308. The first-order valence-electron chi connectivity index (χ1n) is 6.18. The van der Waals surface area contributed by atoms with Crippen molar-refractivity contribution in [3.8, 4) is 6.07 Å². The van der Waals surface area contributed by atoms with Gasteiger partial charge < -0.3 is 10.1 Å². The molecular weight excluding hydrogens is 228 g/mol. The van der Waals surface area contributed by atoms with E-state index in [4.69, 9.17) is 10.00 Å². The van der Waals surface area contributed by atoms with E-state index in [1.165, 1.54) is 0 Å². The standard InChI is InChI=1S/C14H16N2O2/c15-9-11-4-3-5-12(8-11)10-16-14(17)13-6-1-2-7-18-13/h3-5,8,13H,1-2,6-7,10H2,(H,16,17). The van der Waals surface area contributed by atoms with Crippen molar-refractivity contribution in [2.45, 2.75) is 31.9 Å². The Morgan fingerprint density at radius 3 is 3.11 bits per heavy atom. The van der Waals surface area contributed by atoms with Gasteiger partial charge in [-0.3, -0.25) is 4.79 Å². The molecule has 1 aliphatic heterocycles. The lowest BCUT2D eigenvalue weighted by molar-refractivity contribution is -0.135. The number of hydrogen-bond acceptors (Lipinski definition) is 3. The highest BCUT2D eigenvalue weighted by atomic mass is 16.5. The van der Waals surface area contributed by atoms with E-state index in [9.17, 15) is 4.79 Å². The number of hydrogen-bond donors (Lipinski definition) is 1. The van der Waals surface area contributed by atoms with Crippen molar-refractivity contribution in [3.63, 3.8) is 0 Å². The van der Waals surface area contributed by atoms with E-state index in [0.29, 0.717) is 18.7 Å². The van der Waals surface area contributed by atoms with Crippen LogP contribution in [0.4, 0.5) is 0 Å². The Bertz CT molecular complexity index is 459. The van der Waals surface area contributed by atoms with Gasteiger partial charge >= 0.3 is 0 Å². The molecular formula is C14H16N2O2. The predicted octanol–water partition coefficient (Wildman–Crippen LogP) is 1.74. The number of nitriles is 1. The van der Waals surface area contributed by atoms with Crippen LogP contribution in [-0.2, 0) is 16.1 Å². The van der Waals surface area contributed by atoms with Gasteiger partial charge in [-0.05, 0) is 37.0 Å². The van der Waals surface area contributed by atoms with Crippen LogP contribution in [0.5, 0.6) is 0 Å². The van der Waals surface area contributed by atoms with Crippen LogP contribution in [-0.4, -0.2) is 18.6 Å². The molecule has 1 saturated heterocycles. The summed E-state index contributed by atoms with van der Waals surface area (Å²) in [6.07, 6.45) is 2.57. The zero-order valence-electron chi connectivity index (χ0n) is 10.2. The van der Waals surface area contributed by atoms with Crippen LogP contribution in [0.2, 0.25) is 0 Å². The summed E-state index contributed by atoms with van der Waals surface area (Å²) < 4.78 is 5.41. The Kier molecular flexibility index (Phi) is 4.32. The van der Waals surface area contributed by atoms with E-state index in [-0.39, 0.29) is 12.0 Å². The van der Waals surface area contributed by atoms with Crippen molar-refractivity contribution in [1.29, 1.82) is 5.26 Å². The molecule has 0 aromatic heterocycles. The molecule has 4 nitrogen and oxygen atoms in total. The normalized spacial score (nSPS) is 18.9. The highest BCUT2D eigenvalue weighted by Gasteiger charge is 2.21. The van der Waals surface area contributed by atoms with Gasteiger partial charge in [0.2, 0.25) is 5.91 Å². The van der Waals surface area contributed by atoms with Crippen LogP contribution in [0, 0.1) is 11.3 Å². The molecule has 4 heteroatoms. The molecule has 1 N–H and O–H groups in total. The van der Waals surface area contributed by atoms with Gasteiger partial charge in [0.1, 0.15) is 6.10 Å². The van der Waals surface area contributed by atoms with Crippen LogP contribution in [0.15, 0.2) is 24.3 Å². The molecule has 0 bridgehead atoms. The Balaban J connectivity index is 1.86. The molecule has 1 aliphatic rings. The van der Waals surface area contributed by atoms with Gasteiger partial charge in [-0.25, -0.2) is 0 Å². The van der Waals surface area contributed by atoms with Gasteiger partial charge in [0.25, 0.3) is 0 Å². The van der Waals surface area contributed by atoms with Crippen LogP contribution >= 0.6 is 0 Å². The summed E-state index contributed by atoms with van der Waals surface area (Å²) in [5.74, 6) is -0.0583. The van der Waals surface area contributed by atoms with Gasteiger partial charge in [0.05, 0.1) is 11.6 Å². The van der Waals surface area contributed by atoms with Crippen molar-refractivity contribution in [2.75, 3.05) is 6.61 Å². The van der Waals surface area contributed by atoms with E-state index >= 15 is 0 Å². The second kappa shape index (κ2) is 6.18. The zero-order chi connectivity index (χ0) is 12.8. The SMILES string of the molecule is N#Cc1cccc(CNC(=O)C2CCCCO2)c1. The lowest BCUT2D eigenvalue weighted by Crippen LogP contribution is -2.37. The molecule has 0 saturated carbocycles. The topological polar surface area (TPSA) is 62.1 Å². The Labute approximate surface area is 107 Å². The number of benzene rings is 1. The molecule has 1 aromatic carbocycles. The monoisotopic (exact) mass is 244 g/mol. The van der Waals surface area contributed by atoms with Gasteiger partial charge in [-0.2, -0.15) is 5.26 Å². The summed E-state index contributed by atoms with van der Waals surface area (Å²) >= 11 is 0. The lowest BCUT2D eigenvalue weighted by atomic mass is 10.1. The summed E-state index contributed by atoms with van der Waals surface area (Å²) in [6, 6.07) is 9.31. The number of nitrogens with one attached hydrogen (secondary N) is 1. The first-order chi connectivity index (χ1) is 8.79. The third-order valence-electron chi connectivity index (χ3n) is 2.99. The van der Waals surface area contributed by atoms with Crippen molar-refractivity contribution < 1.29 is 9.53 Å². The van der Waals surface area contributed by atoms with Crippen LogP contribution in [0.1, 0.15) is 30.4 Å². The molecule has 1 fully saturated rings. The molecule has 1 amide bonds. The zero-order valence-corrected chi connectivity index (χ0v) is 10.2. The van der Waals surface area contributed by atoms with E-state index in [2.05, 4.69) is 11.4 Å². The Hall–Kier alpha value is -1.86.